The van der Waals surface area contributed by atoms with Crippen molar-refractivity contribution in [3.8, 4) is 0 Å². The lowest BCUT2D eigenvalue weighted by molar-refractivity contribution is 0.498. The van der Waals surface area contributed by atoms with Crippen molar-refractivity contribution in [1.82, 2.24) is 5.32 Å². The van der Waals surface area contributed by atoms with Gasteiger partial charge in [0.2, 0.25) is 0 Å². The van der Waals surface area contributed by atoms with Crippen LogP contribution in [0.4, 0.5) is 5.69 Å². The molecular weight excluding hydrogens is 232 g/mol. The first-order valence-corrected chi connectivity index (χ1v) is 7.91. The summed E-state index contributed by atoms with van der Waals surface area (Å²) < 4.78 is 0. The van der Waals surface area contributed by atoms with Crippen molar-refractivity contribution in [2.75, 3.05) is 18.0 Å². The van der Waals surface area contributed by atoms with Gasteiger partial charge in [0.1, 0.15) is 0 Å². The second-order valence-corrected chi connectivity index (χ2v) is 5.62. The molecule has 0 saturated carbocycles. The number of rotatable bonds is 6. The van der Waals surface area contributed by atoms with Crippen molar-refractivity contribution in [1.29, 1.82) is 0 Å². The first-order valence-electron chi connectivity index (χ1n) is 7.91. The smallest absolute Gasteiger partial charge is 0.0412 e. The van der Waals surface area contributed by atoms with Crippen LogP contribution >= 0.6 is 0 Å². The molecule has 19 heavy (non-hydrogen) atoms. The van der Waals surface area contributed by atoms with E-state index < -0.39 is 0 Å². The number of hydrogen-bond donors (Lipinski definition) is 1. The summed E-state index contributed by atoms with van der Waals surface area (Å²) in [6.07, 6.45) is 6.57. The van der Waals surface area contributed by atoms with Gasteiger partial charge in [-0.1, -0.05) is 51.3 Å². The standard InChI is InChI=1S/C17H28N2/c1-3-5-6-9-12-19-14-16(4-2)18-13-15-10-7-8-11-17(15)19/h7-8,10-11,16,18H,3-6,9,12-14H2,1-2H3. The van der Waals surface area contributed by atoms with Crippen LogP contribution in [0.2, 0.25) is 0 Å². The molecule has 0 radical (unpaired) electrons. The summed E-state index contributed by atoms with van der Waals surface area (Å²) >= 11 is 0. The lowest BCUT2D eigenvalue weighted by Gasteiger charge is -2.27. The van der Waals surface area contributed by atoms with Gasteiger partial charge >= 0.3 is 0 Å². The molecule has 106 valence electrons. The van der Waals surface area contributed by atoms with Crippen molar-refractivity contribution < 1.29 is 0 Å². The normalized spacial score (nSPS) is 19.1. The first-order chi connectivity index (χ1) is 9.35. The molecule has 1 aliphatic rings. The molecule has 2 nitrogen and oxygen atoms in total. The summed E-state index contributed by atoms with van der Waals surface area (Å²) in [5.41, 5.74) is 2.90. The maximum atomic E-state index is 3.68. The van der Waals surface area contributed by atoms with E-state index in [2.05, 4.69) is 48.3 Å². The van der Waals surface area contributed by atoms with E-state index in [1.54, 1.807) is 0 Å². The van der Waals surface area contributed by atoms with Crippen molar-refractivity contribution in [2.24, 2.45) is 0 Å². The van der Waals surface area contributed by atoms with E-state index in [1.807, 2.05) is 0 Å². The van der Waals surface area contributed by atoms with Crippen molar-refractivity contribution in [3.63, 3.8) is 0 Å². The number of benzene rings is 1. The Morgan fingerprint density at radius 2 is 2.00 bits per heavy atom. The molecule has 0 amide bonds. The summed E-state index contributed by atoms with van der Waals surface area (Å²) in [4.78, 5) is 2.60. The summed E-state index contributed by atoms with van der Waals surface area (Å²) in [6, 6.07) is 9.50. The zero-order chi connectivity index (χ0) is 13.5. The molecule has 1 aromatic rings. The van der Waals surface area contributed by atoms with Gasteiger partial charge in [-0.2, -0.15) is 0 Å². The molecule has 1 unspecified atom stereocenters. The highest BCUT2D eigenvalue weighted by molar-refractivity contribution is 5.54. The Morgan fingerprint density at radius 1 is 1.16 bits per heavy atom. The zero-order valence-electron chi connectivity index (χ0n) is 12.5. The van der Waals surface area contributed by atoms with Crippen LogP contribution in [0, 0.1) is 0 Å². The molecule has 0 saturated heterocycles. The highest BCUT2D eigenvalue weighted by Crippen LogP contribution is 2.24. The summed E-state index contributed by atoms with van der Waals surface area (Å²) in [6.45, 7) is 7.93. The van der Waals surface area contributed by atoms with Gasteiger partial charge in [0.05, 0.1) is 0 Å². The van der Waals surface area contributed by atoms with Gasteiger partial charge in [-0.25, -0.2) is 0 Å². The van der Waals surface area contributed by atoms with Crippen LogP contribution in [-0.4, -0.2) is 19.1 Å². The summed E-state index contributed by atoms with van der Waals surface area (Å²) in [5, 5.41) is 3.68. The molecule has 1 heterocycles. The quantitative estimate of drug-likeness (QED) is 0.779. The summed E-state index contributed by atoms with van der Waals surface area (Å²) in [5.74, 6) is 0. The van der Waals surface area contributed by atoms with Crippen molar-refractivity contribution in [2.45, 2.75) is 58.5 Å². The largest absolute Gasteiger partial charge is 0.370 e. The first kappa shape index (κ1) is 14.4. The molecule has 0 bridgehead atoms. The van der Waals surface area contributed by atoms with Crippen LogP contribution in [-0.2, 0) is 6.54 Å². The Hall–Kier alpha value is -1.02. The van der Waals surface area contributed by atoms with Crippen LogP contribution < -0.4 is 10.2 Å². The van der Waals surface area contributed by atoms with E-state index in [0.29, 0.717) is 6.04 Å². The summed E-state index contributed by atoms with van der Waals surface area (Å²) in [7, 11) is 0. The van der Waals surface area contributed by atoms with Crippen LogP contribution in [0.15, 0.2) is 24.3 Å². The second-order valence-electron chi connectivity index (χ2n) is 5.62. The third-order valence-corrected chi connectivity index (χ3v) is 4.13. The van der Waals surface area contributed by atoms with E-state index >= 15 is 0 Å². The molecule has 1 aromatic carbocycles. The minimum absolute atomic E-state index is 0.624. The Kier molecular flexibility index (Phi) is 5.71. The third-order valence-electron chi connectivity index (χ3n) is 4.13. The highest BCUT2D eigenvalue weighted by atomic mass is 15.2. The van der Waals surface area contributed by atoms with E-state index in [-0.39, 0.29) is 0 Å². The van der Waals surface area contributed by atoms with Gasteiger partial charge in [0.15, 0.2) is 0 Å². The minimum atomic E-state index is 0.624. The fourth-order valence-electron chi connectivity index (χ4n) is 2.87. The Balaban J connectivity index is 2.04. The lowest BCUT2D eigenvalue weighted by atomic mass is 10.1. The SMILES string of the molecule is CCCCCCN1CC(CC)NCc2ccccc21. The number of hydrogen-bond acceptors (Lipinski definition) is 2. The molecule has 0 aliphatic carbocycles. The van der Waals surface area contributed by atoms with Crippen LogP contribution in [0.1, 0.15) is 51.5 Å². The van der Waals surface area contributed by atoms with Gasteiger partial charge in [0.25, 0.3) is 0 Å². The number of para-hydroxylation sites is 1. The van der Waals surface area contributed by atoms with E-state index in [0.717, 1.165) is 13.1 Å². The number of nitrogens with one attached hydrogen (secondary N) is 1. The predicted molar refractivity (Wildman–Crippen MR) is 83.7 cm³/mol. The van der Waals surface area contributed by atoms with Crippen LogP contribution in [0.5, 0.6) is 0 Å². The van der Waals surface area contributed by atoms with Gasteiger partial charge in [0, 0.05) is 31.4 Å². The predicted octanol–water partition coefficient (Wildman–Crippen LogP) is 3.96. The molecule has 2 heteroatoms. The fraction of sp³-hybridized carbons (Fsp3) is 0.647. The third kappa shape index (κ3) is 3.97. The monoisotopic (exact) mass is 260 g/mol. The molecule has 2 rings (SSSR count). The van der Waals surface area contributed by atoms with Crippen LogP contribution in [0.3, 0.4) is 0 Å². The van der Waals surface area contributed by atoms with Crippen molar-refractivity contribution >= 4 is 5.69 Å². The molecule has 1 aliphatic heterocycles. The topological polar surface area (TPSA) is 15.3 Å². The average molecular weight is 260 g/mol. The second kappa shape index (κ2) is 7.54. The Bertz CT molecular complexity index is 375. The van der Waals surface area contributed by atoms with E-state index in [4.69, 9.17) is 0 Å². The number of fused-ring (bicyclic) bond motifs is 1. The lowest BCUT2D eigenvalue weighted by Crippen LogP contribution is -2.38. The van der Waals surface area contributed by atoms with Gasteiger partial charge in [-0.3, -0.25) is 0 Å². The average Bonchev–Trinajstić information content (AvgIpc) is 2.63. The molecule has 0 fully saturated rings. The maximum absolute atomic E-state index is 3.68. The zero-order valence-corrected chi connectivity index (χ0v) is 12.5. The van der Waals surface area contributed by atoms with Gasteiger partial charge in [-0.05, 0) is 24.5 Å². The molecule has 0 aromatic heterocycles. The maximum Gasteiger partial charge on any atom is 0.0412 e. The van der Waals surface area contributed by atoms with Gasteiger partial charge < -0.3 is 10.2 Å². The Morgan fingerprint density at radius 3 is 2.79 bits per heavy atom. The highest BCUT2D eigenvalue weighted by Gasteiger charge is 2.19. The van der Waals surface area contributed by atoms with Gasteiger partial charge in [-0.15, -0.1) is 0 Å². The van der Waals surface area contributed by atoms with Crippen LogP contribution in [0.25, 0.3) is 0 Å². The molecule has 0 spiro atoms. The Labute approximate surface area is 118 Å². The fourth-order valence-corrected chi connectivity index (χ4v) is 2.87. The molecule has 1 atom stereocenters. The number of unbranched alkanes of at least 4 members (excludes halogenated alkanes) is 3. The van der Waals surface area contributed by atoms with E-state index in [9.17, 15) is 0 Å². The van der Waals surface area contributed by atoms with Crippen molar-refractivity contribution in [3.05, 3.63) is 29.8 Å². The number of anilines is 1. The number of nitrogens with zero attached hydrogens (tertiary/aromatic N) is 1. The minimum Gasteiger partial charge on any atom is -0.370 e. The molecule has 1 N–H and O–H groups in total. The molecular formula is C17H28N2. The van der Waals surface area contributed by atoms with E-state index in [1.165, 1.54) is 49.9 Å².